The van der Waals surface area contributed by atoms with E-state index in [-0.39, 0.29) is 5.69 Å². The van der Waals surface area contributed by atoms with Crippen molar-refractivity contribution < 1.29 is 4.92 Å². The lowest BCUT2D eigenvalue weighted by molar-refractivity contribution is -0.384. The normalized spacial score (nSPS) is 10.1. The molecule has 2 rings (SSSR count). The molecule has 0 saturated carbocycles. The Hall–Kier alpha value is -1.83. The molecule has 0 aromatic heterocycles. The Labute approximate surface area is 117 Å². The average Bonchev–Trinajstić information content (AvgIpc) is 2.31. The van der Waals surface area contributed by atoms with Crippen LogP contribution in [-0.4, -0.2) is 4.92 Å². The Morgan fingerprint density at radius 2 is 1.78 bits per heavy atom. The first-order valence-electron chi connectivity index (χ1n) is 5.12. The number of hydrogen-bond acceptors (Lipinski definition) is 4. The summed E-state index contributed by atoms with van der Waals surface area (Å²) in [6.45, 7) is 0. The molecule has 92 valence electrons. The van der Waals surface area contributed by atoms with Crippen molar-refractivity contribution in [1.82, 2.24) is 0 Å². The van der Waals surface area contributed by atoms with Gasteiger partial charge in [0.15, 0.2) is 0 Å². The lowest BCUT2D eigenvalue weighted by atomic mass is 10.2. The van der Waals surface area contributed by atoms with Crippen molar-refractivity contribution in [2.75, 3.05) is 11.1 Å². The van der Waals surface area contributed by atoms with Gasteiger partial charge in [-0.3, -0.25) is 10.1 Å². The molecule has 3 N–H and O–H groups in total. The van der Waals surface area contributed by atoms with Gasteiger partial charge in [0.05, 0.1) is 4.92 Å². The second-order valence-corrected chi connectivity index (χ2v) is 4.95. The summed E-state index contributed by atoms with van der Waals surface area (Å²) < 4.78 is 1.12. The molecule has 0 bridgehead atoms. The van der Waals surface area contributed by atoms with Crippen molar-refractivity contribution in [3.8, 4) is 0 Å². The fourth-order valence-electron chi connectivity index (χ4n) is 1.51. The molecule has 0 amide bonds. The fraction of sp³-hybridized carbons (Fsp3) is 0. The van der Waals surface area contributed by atoms with Gasteiger partial charge in [0.25, 0.3) is 5.69 Å². The Morgan fingerprint density at radius 3 is 2.39 bits per heavy atom. The van der Waals surface area contributed by atoms with Crippen molar-refractivity contribution in [1.29, 1.82) is 0 Å². The van der Waals surface area contributed by atoms with Gasteiger partial charge in [-0.05, 0) is 52.9 Å². The summed E-state index contributed by atoms with van der Waals surface area (Å²) >= 11 is 2.21. The molecule has 2 aromatic rings. The van der Waals surface area contributed by atoms with E-state index < -0.39 is 4.92 Å². The highest BCUT2D eigenvalue weighted by atomic mass is 127. The topological polar surface area (TPSA) is 81.2 Å². The SMILES string of the molecule is Nc1cc(Nc2ccc(I)cc2)cc([N+](=O)[O-])c1. The number of benzene rings is 2. The fourth-order valence-corrected chi connectivity index (χ4v) is 1.87. The van der Waals surface area contributed by atoms with Gasteiger partial charge in [0.1, 0.15) is 0 Å². The third-order valence-electron chi connectivity index (χ3n) is 2.28. The number of nitro groups is 1. The molecule has 6 heteroatoms. The maximum Gasteiger partial charge on any atom is 0.273 e. The van der Waals surface area contributed by atoms with Gasteiger partial charge in [-0.1, -0.05) is 0 Å². The largest absolute Gasteiger partial charge is 0.398 e. The summed E-state index contributed by atoms with van der Waals surface area (Å²) in [6, 6.07) is 12.1. The lowest BCUT2D eigenvalue weighted by Gasteiger charge is -2.07. The maximum absolute atomic E-state index is 10.7. The molecule has 2 aromatic carbocycles. The van der Waals surface area contributed by atoms with Gasteiger partial charge in [-0.25, -0.2) is 0 Å². The van der Waals surface area contributed by atoms with Crippen LogP contribution in [-0.2, 0) is 0 Å². The summed E-state index contributed by atoms with van der Waals surface area (Å²) in [7, 11) is 0. The predicted octanol–water partition coefficient (Wildman–Crippen LogP) is 3.53. The molecule has 0 heterocycles. The molecule has 5 nitrogen and oxygen atoms in total. The van der Waals surface area contributed by atoms with Gasteiger partial charge < -0.3 is 11.1 Å². The van der Waals surface area contributed by atoms with E-state index in [1.54, 1.807) is 6.07 Å². The highest BCUT2D eigenvalue weighted by molar-refractivity contribution is 14.1. The summed E-state index contributed by atoms with van der Waals surface area (Å²) in [5.41, 5.74) is 7.42. The summed E-state index contributed by atoms with van der Waals surface area (Å²) in [4.78, 5) is 10.3. The van der Waals surface area contributed by atoms with Crippen LogP contribution in [0.25, 0.3) is 0 Å². The first-order chi connectivity index (χ1) is 8.54. The molecule has 18 heavy (non-hydrogen) atoms. The van der Waals surface area contributed by atoms with Crippen LogP contribution in [0.5, 0.6) is 0 Å². The van der Waals surface area contributed by atoms with Crippen LogP contribution in [0.3, 0.4) is 0 Å². The number of nitrogens with two attached hydrogens (primary N) is 1. The van der Waals surface area contributed by atoms with Crippen LogP contribution in [0, 0.1) is 13.7 Å². The molecular weight excluding hydrogens is 345 g/mol. The van der Waals surface area contributed by atoms with Gasteiger partial charge in [0, 0.05) is 32.8 Å². The minimum Gasteiger partial charge on any atom is -0.398 e. The zero-order chi connectivity index (χ0) is 13.1. The molecule has 0 aliphatic carbocycles. The number of nitrogens with one attached hydrogen (secondary N) is 1. The van der Waals surface area contributed by atoms with E-state index in [0.29, 0.717) is 11.4 Å². The van der Waals surface area contributed by atoms with Crippen LogP contribution in [0.1, 0.15) is 0 Å². The van der Waals surface area contributed by atoms with E-state index in [9.17, 15) is 10.1 Å². The van der Waals surface area contributed by atoms with Crippen molar-refractivity contribution in [3.63, 3.8) is 0 Å². The van der Waals surface area contributed by atoms with E-state index in [1.807, 2.05) is 24.3 Å². The number of nitro benzene ring substituents is 1. The Morgan fingerprint density at radius 1 is 1.11 bits per heavy atom. The smallest absolute Gasteiger partial charge is 0.273 e. The van der Waals surface area contributed by atoms with Gasteiger partial charge >= 0.3 is 0 Å². The van der Waals surface area contributed by atoms with Crippen LogP contribution >= 0.6 is 22.6 Å². The van der Waals surface area contributed by atoms with E-state index in [1.165, 1.54) is 12.1 Å². The standard InChI is InChI=1S/C12H10IN3O2/c13-8-1-3-10(4-2-8)15-11-5-9(14)6-12(7-11)16(17)18/h1-7,15H,14H2. The molecule has 0 fully saturated rings. The highest BCUT2D eigenvalue weighted by Gasteiger charge is 2.08. The van der Waals surface area contributed by atoms with E-state index in [0.717, 1.165) is 9.26 Å². The Bertz CT molecular complexity index is 584. The molecule has 0 unspecified atom stereocenters. The van der Waals surface area contributed by atoms with Crippen molar-refractivity contribution in [2.24, 2.45) is 0 Å². The second kappa shape index (κ2) is 5.21. The van der Waals surface area contributed by atoms with Gasteiger partial charge in [-0.15, -0.1) is 0 Å². The number of anilines is 3. The van der Waals surface area contributed by atoms with Crippen molar-refractivity contribution >= 4 is 45.3 Å². The number of halogens is 1. The van der Waals surface area contributed by atoms with Crippen LogP contribution in [0.15, 0.2) is 42.5 Å². The highest BCUT2D eigenvalue weighted by Crippen LogP contribution is 2.25. The molecular formula is C12H10IN3O2. The molecule has 0 aliphatic rings. The third-order valence-corrected chi connectivity index (χ3v) is 3.00. The second-order valence-electron chi connectivity index (χ2n) is 3.70. The van der Waals surface area contributed by atoms with Crippen LogP contribution in [0.4, 0.5) is 22.7 Å². The minimum atomic E-state index is -0.463. The first-order valence-corrected chi connectivity index (χ1v) is 6.20. The van der Waals surface area contributed by atoms with Crippen molar-refractivity contribution in [3.05, 3.63) is 56.1 Å². The molecule has 0 atom stereocenters. The van der Waals surface area contributed by atoms with Gasteiger partial charge in [-0.2, -0.15) is 0 Å². The third kappa shape index (κ3) is 3.10. The summed E-state index contributed by atoms with van der Waals surface area (Å²) in [6.07, 6.45) is 0. The van der Waals surface area contributed by atoms with Crippen molar-refractivity contribution in [2.45, 2.75) is 0 Å². The van der Waals surface area contributed by atoms with Gasteiger partial charge in [0.2, 0.25) is 0 Å². The maximum atomic E-state index is 10.7. The van der Waals surface area contributed by atoms with E-state index in [2.05, 4.69) is 27.9 Å². The summed E-state index contributed by atoms with van der Waals surface area (Å²) in [5, 5.41) is 13.8. The molecule has 0 spiro atoms. The van der Waals surface area contributed by atoms with E-state index >= 15 is 0 Å². The quantitative estimate of drug-likeness (QED) is 0.382. The number of nitrogens with zero attached hydrogens (tertiary/aromatic N) is 1. The molecule has 0 aliphatic heterocycles. The first kappa shape index (κ1) is 12.6. The monoisotopic (exact) mass is 355 g/mol. The number of non-ortho nitro benzene ring substituents is 1. The van der Waals surface area contributed by atoms with E-state index in [4.69, 9.17) is 5.73 Å². The van der Waals surface area contributed by atoms with Crippen LogP contribution in [0.2, 0.25) is 0 Å². The minimum absolute atomic E-state index is 0.0250. The number of hydrogen-bond donors (Lipinski definition) is 2. The zero-order valence-corrected chi connectivity index (χ0v) is 11.4. The van der Waals surface area contributed by atoms with Crippen LogP contribution < -0.4 is 11.1 Å². The Balaban J connectivity index is 2.28. The zero-order valence-electron chi connectivity index (χ0n) is 9.26. The number of rotatable bonds is 3. The summed E-state index contributed by atoms with van der Waals surface area (Å²) in [5.74, 6) is 0. The lowest BCUT2D eigenvalue weighted by Crippen LogP contribution is -1.96. The Kier molecular flexibility index (Phi) is 3.66. The number of nitrogen functional groups attached to an aromatic ring is 1. The molecule has 0 saturated heterocycles. The average molecular weight is 355 g/mol. The molecule has 0 radical (unpaired) electrons. The predicted molar refractivity (Wildman–Crippen MR) is 80.0 cm³/mol.